The Kier molecular flexibility index (Phi) is 4.61. The molecule has 0 amide bonds. The van der Waals surface area contributed by atoms with E-state index in [1.165, 1.54) is 18.5 Å². The van der Waals surface area contributed by atoms with Crippen LogP contribution in [0.3, 0.4) is 0 Å². The van der Waals surface area contributed by atoms with Gasteiger partial charge in [-0.25, -0.2) is 0 Å². The standard InChI is InChI=1S/C12H14N4O4/c1-2-13-6-9-5-10(16(17)18)3-4-11(9)19-7-12-14-8-20-15-12/h3-5,8,13H,2,6-7H2,1H3. The maximum atomic E-state index is 10.8. The van der Waals surface area contributed by atoms with E-state index in [0.29, 0.717) is 23.7 Å². The molecule has 0 spiro atoms. The van der Waals surface area contributed by atoms with Crippen LogP contribution in [0.25, 0.3) is 0 Å². The summed E-state index contributed by atoms with van der Waals surface area (Å²) in [6.07, 6.45) is 1.22. The van der Waals surface area contributed by atoms with Gasteiger partial charge >= 0.3 is 0 Å². The largest absolute Gasteiger partial charge is 0.485 e. The van der Waals surface area contributed by atoms with Gasteiger partial charge < -0.3 is 14.6 Å². The Balaban J connectivity index is 2.14. The van der Waals surface area contributed by atoms with Gasteiger partial charge in [0.25, 0.3) is 5.69 Å². The molecule has 2 aromatic rings. The Hall–Kier alpha value is -2.48. The minimum atomic E-state index is -0.432. The molecule has 1 aromatic heterocycles. The average molecular weight is 278 g/mol. The molecule has 0 radical (unpaired) electrons. The zero-order valence-electron chi connectivity index (χ0n) is 10.9. The van der Waals surface area contributed by atoms with Crippen molar-refractivity contribution in [2.24, 2.45) is 0 Å². The quantitative estimate of drug-likeness (QED) is 0.606. The van der Waals surface area contributed by atoms with Crippen LogP contribution in [0.4, 0.5) is 5.69 Å². The van der Waals surface area contributed by atoms with Gasteiger partial charge in [-0.05, 0) is 12.6 Å². The van der Waals surface area contributed by atoms with E-state index in [0.717, 1.165) is 6.54 Å². The van der Waals surface area contributed by atoms with Crippen molar-refractivity contribution >= 4 is 5.69 Å². The Labute approximate surface area is 114 Å². The fourth-order valence-corrected chi connectivity index (χ4v) is 1.62. The van der Waals surface area contributed by atoms with E-state index in [1.54, 1.807) is 6.07 Å². The zero-order valence-corrected chi connectivity index (χ0v) is 10.9. The molecule has 0 saturated carbocycles. The first-order chi connectivity index (χ1) is 9.70. The number of rotatable bonds is 7. The van der Waals surface area contributed by atoms with Crippen molar-refractivity contribution in [3.05, 3.63) is 46.1 Å². The van der Waals surface area contributed by atoms with E-state index >= 15 is 0 Å². The average Bonchev–Trinajstić information content (AvgIpc) is 2.96. The van der Waals surface area contributed by atoms with Crippen LogP contribution in [0.1, 0.15) is 18.3 Å². The molecule has 1 aromatic carbocycles. The summed E-state index contributed by atoms with van der Waals surface area (Å²) in [7, 11) is 0. The van der Waals surface area contributed by atoms with Crippen LogP contribution < -0.4 is 10.1 Å². The molecule has 1 N–H and O–H groups in total. The van der Waals surface area contributed by atoms with Crippen LogP contribution in [0.5, 0.6) is 5.75 Å². The number of hydrogen-bond donors (Lipinski definition) is 1. The molecule has 1 heterocycles. The summed E-state index contributed by atoms with van der Waals surface area (Å²) < 4.78 is 10.2. The molecular weight excluding hydrogens is 264 g/mol. The first-order valence-corrected chi connectivity index (χ1v) is 6.06. The number of ether oxygens (including phenoxy) is 1. The first kappa shape index (κ1) is 13.9. The van der Waals surface area contributed by atoms with Crippen LogP contribution in [0.15, 0.2) is 29.1 Å². The Morgan fingerprint density at radius 1 is 1.50 bits per heavy atom. The third-order valence-corrected chi connectivity index (χ3v) is 2.58. The normalized spacial score (nSPS) is 10.4. The number of nitrogens with zero attached hydrogens (tertiary/aromatic N) is 3. The van der Waals surface area contributed by atoms with E-state index in [9.17, 15) is 10.1 Å². The van der Waals surface area contributed by atoms with Crippen LogP contribution >= 0.6 is 0 Å². The summed E-state index contributed by atoms with van der Waals surface area (Å²) in [5.74, 6) is 0.971. The minimum Gasteiger partial charge on any atom is -0.485 e. The molecule has 2 rings (SSSR count). The van der Waals surface area contributed by atoms with Gasteiger partial charge in [0, 0.05) is 24.2 Å². The minimum absolute atomic E-state index is 0.0322. The maximum Gasteiger partial charge on any atom is 0.270 e. The molecule has 8 nitrogen and oxygen atoms in total. The van der Waals surface area contributed by atoms with Crippen LogP contribution in [0.2, 0.25) is 0 Å². The van der Waals surface area contributed by atoms with Crippen molar-refractivity contribution in [2.75, 3.05) is 6.54 Å². The molecule has 0 aliphatic heterocycles. The van der Waals surface area contributed by atoms with Crippen LogP contribution in [-0.4, -0.2) is 21.6 Å². The predicted octanol–water partition coefficient (Wildman–Crippen LogP) is 1.67. The number of aromatic nitrogens is 2. The number of benzene rings is 1. The molecule has 0 unspecified atom stereocenters. The molecule has 106 valence electrons. The molecule has 0 aliphatic carbocycles. The fraction of sp³-hybridized carbons (Fsp3) is 0.333. The molecule has 8 heteroatoms. The van der Waals surface area contributed by atoms with E-state index in [2.05, 4.69) is 20.0 Å². The predicted molar refractivity (Wildman–Crippen MR) is 69.1 cm³/mol. The van der Waals surface area contributed by atoms with Crippen molar-refractivity contribution < 1.29 is 14.2 Å². The van der Waals surface area contributed by atoms with Crippen molar-refractivity contribution in [1.82, 2.24) is 15.5 Å². The van der Waals surface area contributed by atoms with Crippen molar-refractivity contribution in [1.29, 1.82) is 0 Å². The van der Waals surface area contributed by atoms with Crippen molar-refractivity contribution in [3.8, 4) is 5.75 Å². The van der Waals surface area contributed by atoms with Gasteiger partial charge in [-0.3, -0.25) is 10.1 Å². The molecular formula is C12H14N4O4. The highest BCUT2D eigenvalue weighted by atomic mass is 16.6. The van der Waals surface area contributed by atoms with E-state index in [4.69, 9.17) is 4.74 Å². The van der Waals surface area contributed by atoms with Gasteiger partial charge in [-0.2, -0.15) is 4.98 Å². The van der Waals surface area contributed by atoms with Gasteiger partial charge in [0.15, 0.2) is 6.61 Å². The molecule has 0 fully saturated rings. The van der Waals surface area contributed by atoms with E-state index < -0.39 is 4.92 Å². The van der Waals surface area contributed by atoms with Crippen LogP contribution in [0, 0.1) is 10.1 Å². The second kappa shape index (κ2) is 6.62. The third-order valence-electron chi connectivity index (χ3n) is 2.58. The Morgan fingerprint density at radius 3 is 3.00 bits per heavy atom. The third kappa shape index (κ3) is 3.51. The smallest absolute Gasteiger partial charge is 0.270 e. The lowest BCUT2D eigenvalue weighted by Gasteiger charge is -2.10. The summed E-state index contributed by atoms with van der Waals surface area (Å²) >= 11 is 0. The number of non-ortho nitro benzene ring substituents is 1. The fourth-order valence-electron chi connectivity index (χ4n) is 1.62. The first-order valence-electron chi connectivity index (χ1n) is 6.06. The Morgan fingerprint density at radius 2 is 2.35 bits per heavy atom. The molecule has 0 saturated heterocycles. The number of nitro benzene ring substituents is 1. The van der Waals surface area contributed by atoms with Crippen molar-refractivity contribution in [3.63, 3.8) is 0 Å². The van der Waals surface area contributed by atoms with Gasteiger partial charge in [-0.1, -0.05) is 12.1 Å². The molecule has 0 bridgehead atoms. The van der Waals surface area contributed by atoms with Gasteiger partial charge in [-0.15, -0.1) is 0 Å². The lowest BCUT2D eigenvalue weighted by Crippen LogP contribution is -2.13. The second-order valence-corrected chi connectivity index (χ2v) is 3.97. The molecule has 0 atom stereocenters. The van der Waals surface area contributed by atoms with Gasteiger partial charge in [0.2, 0.25) is 12.2 Å². The second-order valence-electron chi connectivity index (χ2n) is 3.97. The highest BCUT2D eigenvalue weighted by Gasteiger charge is 2.12. The Bertz CT molecular complexity index is 571. The summed E-state index contributed by atoms with van der Waals surface area (Å²) in [4.78, 5) is 14.2. The SMILES string of the molecule is CCNCc1cc([N+](=O)[O-])ccc1OCc1ncon1. The summed E-state index contributed by atoms with van der Waals surface area (Å²) in [5.41, 5.74) is 0.745. The van der Waals surface area contributed by atoms with Gasteiger partial charge in [0.05, 0.1) is 4.92 Å². The molecule has 20 heavy (non-hydrogen) atoms. The van der Waals surface area contributed by atoms with Crippen LogP contribution in [-0.2, 0) is 13.2 Å². The summed E-state index contributed by atoms with van der Waals surface area (Å²) in [6.45, 7) is 3.34. The monoisotopic (exact) mass is 278 g/mol. The number of nitrogens with one attached hydrogen (secondary N) is 1. The zero-order chi connectivity index (χ0) is 14.4. The van der Waals surface area contributed by atoms with E-state index in [-0.39, 0.29) is 12.3 Å². The topological polar surface area (TPSA) is 103 Å². The lowest BCUT2D eigenvalue weighted by atomic mass is 10.1. The summed E-state index contributed by atoms with van der Waals surface area (Å²) in [5, 5.41) is 17.5. The highest BCUT2D eigenvalue weighted by molar-refractivity contribution is 5.43. The maximum absolute atomic E-state index is 10.8. The number of nitro groups is 1. The molecule has 0 aliphatic rings. The highest BCUT2D eigenvalue weighted by Crippen LogP contribution is 2.24. The summed E-state index contributed by atoms with van der Waals surface area (Å²) in [6, 6.07) is 4.47. The van der Waals surface area contributed by atoms with E-state index in [1.807, 2.05) is 6.92 Å². The van der Waals surface area contributed by atoms with Crippen molar-refractivity contribution in [2.45, 2.75) is 20.1 Å². The van der Waals surface area contributed by atoms with Gasteiger partial charge in [0.1, 0.15) is 5.75 Å². The lowest BCUT2D eigenvalue weighted by molar-refractivity contribution is -0.384. The number of hydrogen-bond acceptors (Lipinski definition) is 7.